The average molecular weight is 230 g/mol. The summed E-state index contributed by atoms with van der Waals surface area (Å²) in [5.41, 5.74) is 0. The Balaban J connectivity index is 2.54. The summed E-state index contributed by atoms with van der Waals surface area (Å²) in [5, 5.41) is 17.5. The van der Waals surface area contributed by atoms with E-state index in [4.69, 9.17) is 10.2 Å². The molecule has 0 spiro atoms. The second-order valence-corrected chi connectivity index (χ2v) is 3.74. The number of hydrogen-bond donors (Lipinski definition) is 2. The highest BCUT2D eigenvalue weighted by molar-refractivity contribution is 6.34. The highest BCUT2D eigenvalue weighted by Crippen LogP contribution is 2.08. The van der Waals surface area contributed by atoms with Crippen molar-refractivity contribution in [2.45, 2.75) is 12.8 Å². The van der Waals surface area contributed by atoms with Crippen LogP contribution in [0.5, 0.6) is 0 Å². The smallest absolute Gasteiger partial charge is 0.312 e. The van der Waals surface area contributed by atoms with Gasteiger partial charge in [0.25, 0.3) is 0 Å². The van der Waals surface area contributed by atoms with Crippen molar-refractivity contribution in [2.24, 2.45) is 0 Å². The number of carbonyl (C=O) groups excluding carboxylic acids is 2. The van der Waals surface area contributed by atoms with Gasteiger partial charge in [-0.3, -0.25) is 9.59 Å². The van der Waals surface area contributed by atoms with Crippen molar-refractivity contribution < 1.29 is 19.8 Å². The molecule has 1 rings (SSSR count). The molecule has 1 aliphatic rings. The molecule has 0 saturated carbocycles. The SMILES string of the molecule is O=C(C(=O)N1CCCC1)N(CCO)CCO. The summed E-state index contributed by atoms with van der Waals surface area (Å²) >= 11 is 0. The van der Waals surface area contributed by atoms with Gasteiger partial charge >= 0.3 is 11.8 Å². The van der Waals surface area contributed by atoms with E-state index in [1.54, 1.807) is 0 Å². The quantitative estimate of drug-likeness (QED) is 0.571. The first-order valence-electron chi connectivity index (χ1n) is 5.50. The van der Waals surface area contributed by atoms with Crippen LogP contribution in [0.2, 0.25) is 0 Å². The van der Waals surface area contributed by atoms with Gasteiger partial charge in [0.15, 0.2) is 0 Å². The molecule has 0 aromatic rings. The first-order valence-corrected chi connectivity index (χ1v) is 5.50. The van der Waals surface area contributed by atoms with E-state index in [-0.39, 0.29) is 26.3 Å². The van der Waals surface area contributed by atoms with Crippen molar-refractivity contribution in [1.29, 1.82) is 0 Å². The van der Waals surface area contributed by atoms with Gasteiger partial charge in [-0.15, -0.1) is 0 Å². The highest BCUT2D eigenvalue weighted by Gasteiger charge is 2.28. The second-order valence-electron chi connectivity index (χ2n) is 3.74. The van der Waals surface area contributed by atoms with Gasteiger partial charge in [-0.2, -0.15) is 0 Å². The molecule has 0 unspecified atom stereocenters. The Labute approximate surface area is 94.4 Å². The van der Waals surface area contributed by atoms with Crippen LogP contribution in [0.1, 0.15) is 12.8 Å². The van der Waals surface area contributed by atoms with Crippen LogP contribution in [0.25, 0.3) is 0 Å². The molecule has 2 N–H and O–H groups in total. The van der Waals surface area contributed by atoms with E-state index in [1.807, 2.05) is 0 Å². The predicted molar refractivity (Wildman–Crippen MR) is 56.6 cm³/mol. The average Bonchev–Trinajstić information content (AvgIpc) is 2.80. The standard InChI is InChI=1S/C10H18N2O4/c13-7-5-12(6-8-14)10(16)9(15)11-3-1-2-4-11/h13-14H,1-8H2. The molecular formula is C10H18N2O4. The molecule has 1 heterocycles. The Hall–Kier alpha value is -1.14. The van der Waals surface area contributed by atoms with Gasteiger partial charge in [-0.25, -0.2) is 0 Å². The maximum Gasteiger partial charge on any atom is 0.312 e. The Morgan fingerprint density at radius 2 is 1.56 bits per heavy atom. The van der Waals surface area contributed by atoms with Gasteiger partial charge in [0, 0.05) is 26.2 Å². The van der Waals surface area contributed by atoms with E-state index >= 15 is 0 Å². The van der Waals surface area contributed by atoms with Crippen molar-refractivity contribution in [1.82, 2.24) is 9.80 Å². The molecule has 0 radical (unpaired) electrons. The summed E-state index contributed by atoms with van der Waals surface area (Å²) in [7, 11) is 0. The lowest BCUT2D eigenvalue weighted by Gasteiger charge is -2.23. The zero-order valence-corrected chi connectivity index (χ0v) is 9.26. The molecule has 1 fully saturated rings. The number of likely N-dealkylation sites (tertiary alicyclic amines) is 1. The van der Waals surface area contributed by atoms with E-state index in [9.17, 15) is 9.59 Å². The molecule has 0 aliphatic carbocycles. The fraction of sp³-hybridized carbons (Fsp3) is 0.800. The largest absolute Gasteiger partial charge is 0.395 e. The number of rotatable bonds is 4. The first kappa shape index (κ1) is 12.9. The number of aliphatic hydroxyl groups is 2. The lowest BCUT2D eigenvalue weighted by atomic mass is 10.4. The summed E-state index contributed by atoms with van der Waals surface area (Å²) in [6.07, 6.45) is 1.86. The fourth-order valence-corrected chi connectivity index (χ4v) is 1.75. The van der Waals surface area contributed by atoms with Crippen molar-refractivity contribution in [3.8, 4) is 0 Å². The molecule has 1 saturated heterocycles. The van der Waals surface area contributed by atoms with Gasteiger partial charge in [0.05, 0.1) is 13.2 Å². The zero-order chi connectivity index (χ0) is 12.0. The minimum absolute atomic E-state index is 0.0823. The lowest BCUT2D eigenvalue weighted by Crippen LogP contribution is -2.46. The van der Waals surface area contributed by atoms with Crippen molar-refractivity contribution >= 4 is 11.8 Å². The van der Waals surface area contributed by atoms with Gasteiger partial charge in [0.2, 0.25) is 0 Å². The molecule has 92 valence electrons. The molecule has 2 amide bonds. The molecule has 6 nitrogen and oxygen atoms in total. The molecule has 0 aromatic carbocycles. The first-order chi connectivity index (χ1) is 7.70. The van der Waals surface area contributed by atoms with Crippen LogP contribution in [0.3, 0.4) is 0 Å². The fourth-order valence-electron chi connectivity index (χ4n) is 1.75. The van der Waals surface area contributed by atoms with Gasteiger partial charge in [-0.1, -0.05) is 0 Å². The Morgan fingerprint density at radius 3 is 2.00 bits per heavy atom. The third-order valence-corrected chi connectivity index (χ3v) is 2.60. The van der Waals surface area contributed by atoms with E-state index in [2.05, 4.69) is 0 Å². The lowest BCUT2D eigenvalue weighted by molar-refractivity contribution is -0.151. The summed E-state index contributed by atoms with van der Waals surface area (Å²) in [5.74, 6) is -1.16. The highest BCUT2D eigenvalue weighted by atomic mass is 16.3. The Bertz CT molecular complexity index is 245. The zero-order valence-electron chi connectivity index (χ0n) is 9.26. The topological polar surface area (TPSA) is 81.1 Å². The summed E-state index contributed by atoms with van der Waals surface area (Å²) in [6.45, 7) is 0.989. The molecule has 1 aliphatic heterocycles. The summed E-state index contributed by atoms with van der Waals surface area (Å²) in [4.78, 5) is 26.1. The Morgan fingerprint density at radius 1 is 1.06 bits per heavy atom. The van der Waals surface area contributed by atoms with Gasteiger partial charge in [0.1, 0.15) is 0 Å². The van der Waals surface area contributed by atoms with E-state index in [0.29, 0.717) is 13.1 Å². The Kier molecular flexibility index (Phi) is 5.21. The van der Waals surface area contributed by atoms with Crippen molar-refractivity contribution in [2.75, 3.05) is 39.4 Å². The maximum absolute atomic E-state index is 11.7. The van der Waals surface area contributed by atoms with Gasteiger partial charge < -0.3 is 20.0 Å². The number of hydrogen-bond acceptors (Lipinski definition) is 4. The van der Waals surface area contributed by atoms with Crippen LogP contribution >= 0.6 is 0 Å². The van der Waals surface area contributed by atoms with E-state index < -0.39 is 11.8 Å². The second kappa shape index (κ2) is 6.44. The van der Waals surface area contributed by atoms with Crippen LogP contribution in [0.4, 0.5) is 0 Å². The van der Waals surface area contributed by atoms with Crippen LogP contribution in [-0.2, 0) is 9.59 Å². The van der Waals surface area contributed by atoms with Gasteiger partial charge in [-0.05, 0) is 12.8 Å². The minimum atomic E-state index is -0.634. The third kappa shape index (κ3) is 3.18. The van der Waals surface area contributed by atoms with Crippen LogP contribution in [0.15, 0.2) is 0 Å². The third-order valence-electron chi connectivity index (χ3n) is 2.60. The minimum Gasteiger partial charge on any atom is -0.395 e. The van der Waals surface area contributed by atoms with E-state index in [1.165, 1.54) is 9.80 Å². The van der Waals surface area contributed by atoms with Crippen LogP contribution < -0.4 is 0 Å². The molecule has 6 heteroatoms. The van der Waals surface area contributed by atoms with Crippen LogP contribution in [0, 0.1) is 0 Å². The number of carbonyl (C=O) groups is 2. The maximum atomic E-state index is 11.7. The number of nitrogens with zero attached hydrogens (tertiary/aromatic N) is 2. The monoisotopic (exact) mass is 230 g/mol. The number of amides is 2. The molecule has 0 bridgehead atoms. The predicted octanol–water partition coefficient (Wildman–Crippen LogP) is -1.58. The summed E-state index contributed by atoms with van der Waals surface area (Å²) in [6, 6.07) is 0. The normalized spacial score (nSPS) is 15.2. The van der Waals surface area contributed by atoms with Crippen LogP contribution in [-0.4, -0.2) is 71.2 Å². The molecular weight excluding hydrogens is 212 g/mol. The van der Waals surface area contributed by atoms with Crippen molar-refractivity contribution in [3.05, 3.63) is 0 Å². The molecule has 0 aromatic heterocycles. The molecule has 0 atom stereocenters. The number of aliphatic hydroxyl groups excluding tert-OH is 2. The molecule has 16 heavy (non-hydrogen) atoms. The summed E-state index contributed by atoms with van der Waals surface area (Å²) < 4.78 is 0. The van der Waals surface area contributed by atoms with E-state index in [0.717, 1.165) is 12.8 Å². The van der Waals surface area contributed by atoms with Crippen molar-refractivity contribution in [3.63, 3.8) is 0 Å².